The third-order valence-corrected chi connectivity index (χ3v) is 4.24. The van der Waals surface area contributed by atoms with Gasteiger partial charge in [0.15, 0.2) is 5.58 Å². The van der Waals surface area contributed by atoms with Crippen LogP contribution in [0.2, 0.25) is 0 Å². The molecule has 3 aliphatic rings. The van der Waals surface area contributed by atoms with E-state index < -0.39 is 0 Å². The van der Waals surface area contributed by atoms with Gasteiger partial charge in [-0.05, 0) is 25.0 Å². The van der Waals surface area contributed by atoms with Crippen LogP contribution in [-0.4, -0.2) is 42.1 Å². The number of hydrogen-bond donors (Lipinski definition) is 0. The van der Waals surface area contributed by atoms with Gasteiger partial charge in [0.05, 0.1) is 0 Å². The Hall–Kier alpha value is -1.62. The van der Waals surface area contributed by atoms with Gasteiger partial charge in [0.25, 0.3) is 6.01 Å². The zero-order valence-corrected chi connectivity index (χ0v) is 10.7. The summed E-state index contributed by atoms with van der Waals surface area (Å²) in [6, 6.07) is 5.66. The fourth-order valence-corrected chi connectivity index (χ4v) is 3.15. The highest BCUT2D eigenvalue weighted by atomic mass is 19.1. The van der Waals surface area contributed by atoms with Gasteiger partial charge in [0, 0.05) is 38.3 Å². The number of piperidine rings is 1. The summed E-state index contributed by atoms with van der Waals surface area (Å²) in [5, 5.41) is 0. The monoisotopic (exact) mass is 261 g/mol. The predicted octanol–water partition coefficient (Wildman–Crippen LogP) is 2.25. The van der Waals surface area contributed by atoms with Crippen molar-refractivity contribution in [2.24, 2.45) is 0 Å². The summed E-state index contributed by atoms with van der Waals surface area (Å²) >= 11 is 0. The van der Waals surface area contributed by atoms with Crippen LogP contribution >= 0.6 is 0 Å². The first-order valence-corrected chi connectivity index (χ1v) is 6.85. The minimum absolute atomic E-state index is 0.268. The molecule has 0 N–H and O–H groups in total. The van der Waals surface area contributed by atoms with Crippen molar-refractivity contribution in [3.05, 3.63) is 24.0 Å². The second-order valence-electron chi connectivity index (χ2n) is 5.37. The number of oxazole rings is 1. The van der Waals surface area contributed by atoms with Crippen molar-refractivity contribution in [1.82, 2.24) is 9.88 Å². The van der Waals surface area contributed by atoms with E-state index in [1.54, 1.807) is 6.07 Å². The fourth-order valence-electron chi connectivity index (χ4n) is 3.15. The molecular weight excluding hydrogens is 245 g/mol. The normalized spacial score (nSPS) is 26.9. The second kappa shape index (κ2) is 4.20. The van der Waals surface area contributed by atoms with Gasteiger partial charge in [-0.3, -0.25) is 0 Å². The quantitative estimate of drug-likeness (QED) is 0.788. The SMILES string of the molecule is Fc1ccc2oc(N3CCN4CCC3CC4)nc2c1. The summed E-state index contributed by atoms with van der Waals surface area (Å²) in [6.07, 6.45) is 2.32. The Morgan fingerprint density at radius 2 is 2.00 bits per heavy atom. The number of anilines is 1. The van der Waals surface area contributed by atoms with Gasteiger partial charge in [0.2, 0.25) is 0 Å². The number of fused-ring (bicyclic) bond motifs is 5. The number of aromatic nitrogens is 1. The summed E-state index contributed by atoms with van der Waals surface area (Å²) in [5.41, 5.74) is 1.27. The Bertz CT molecular complexity index is 604. The van der Waals surface area contributed by atoms with E-state index in [9.17, 15) is 4.39 Å². The highest BCUT2D eigenvalue weighted by Crippen LogP contribution is 2.29. The molecule has 0 spiro atoms. The standard InChI is InChI=1S/C14H16FN3O/c15-10-1-2-13-12(9-10)16-14(19-13)18-8-7-17-5-3-11(18)4-6-17/h1-2,9,11H,3-8H2. The average molecular weight is 261 g/mol. The molecular formula is C14H16FN3O. The van der Waals surface area contributed by atoms with E-state index in [4.69, 9.17) is 4.42 Å². The second-order valence-corrected chi connectivity index (χ2v) is 5.37. The molecule has 2 bridgehead atoms. The lowest BCUT2D eigenvalue weighted by molar-refractivity contribution is 0.249. The van der Waals surface area contributed by atoms with E-state index in [0.717, 1.165) is 39.0 Å². The molecule has 3 aliphatic heterocycles. The Labute approximate surface area is 110 Å². The Kier molecular flexibility index (Phi) is 2.48. The molecule has 100 valence electrons. The summed E-state index contributed by atoms with van der Waals surface area (Å²) in [6.45, 7) is 4.33. The predicted molar refractivity (Wildman–Crippen MR) is 70.8 cm³/mol. The van der Waals surface area contributed by atoms with Crippen LogP contribution in [0.1, 0.15) is 12.8 Å². The lowest BCUT2D eigenvalue weighted by atomic mass is 10.1. The van der Waals surface area contributed by atoms with Crippen LogP contribution in [0, 0.1) is 5.82 Å². The van der Waals surface area contributed by atoms with Crippen LogP contribution in [0.4, 0.5) is 10.4 Å². The fraction of sp³-hybridized carbons (Fsp3) is 0.500. The number of benzene rings is 1. The first kappa shape index (κ1) is 11.2. The molecule has 19 heavy (non-hydrogen) atoms. The smallest absolute Gasteiger partial charge is 0.298 e. The maximum Gasteiger partial charge on any atom is 0.298 e. The van der Waals surface area contributed by atoms with Gasteiger partial charge >= 0.3 is 0 Å². The van der Waals surface area contributed by atoms with Crippen molar-refractivity contribution in [3.8, 4) is 0 Å². The van der Waals surface area contributed by atoms with Crippen molar-refractivity contribution in [3.63, 3.8) is 0 Å². The Morgan fingerprint density at radius 3 is 2.84 bits per heavy atom. The summed E-state index contributed by atoms with van der Waals surface area (Å²) in [5.74, 6) is -0.268. The van der Waals surface area contributed by atoms with Crippen LogP contribution in [0.25, 0.3) is 11.1 Å². The highest BCUT2D eigenvalue weighted by Gasteiger charge is 2.31. The molecule has 0 atom stereocenters. The van der Waals surface area contributed by atoms with E-state index in [2.05, 4.69) is 14.8 Å². The number of hydrogen-bond acceptors (Lipinski definition) is 4. The van der Waals surface area contributed by atoms with Crippen molar-refractivity contribution >= 4 is 17.1 Å². The molecule has 0 aliphatic carbocycles. The van der Waals surface area contributed by atoms with Crippen LogP contribution in [0.5, 0.6) is 0 Å². The summed E-state index contributed by atoms with van der Waals surface area (Å²) in [7, 11) is 0. The van der Waals surface area contributed by atoms with E-state index in [-0.39, 0.29) is 5.82 Å². The number of nitrogens with zero attached hydrogens (tertiary/aromatic N) is 3. The van der Waals surface area contributed by atoms with Gasteiger partial charge < -0.3 is 14.2 Å². The largest absolute Gasteiger partial charge is 0.423 e. The van der Waals surface area contributed by atoms with Crippen molar-refractivity contribution in [2.75, 3.05) is 31.1 Å². The minimum atomic E-state index is -0.268. The first-order valence-electron chi connectivity index (χ1n) is 6.85. The van der Waals surface area contributed by atoms with Crippen LogP contribution in [0.15, 0.2) is 22.6 Å². The van der Waals surface area contributed by atoms with Gasteiger partial charge in [-0.15, -0.1) is 0 Å². The number of halogens is 1. The Balaban J connectivity index is 1.72. The molecule has 0 radical (unpaired) electrons. The van der Waals surface area contributed by atoms with Gasteiger partial charge in [-0.25, -0.2) is 4.39 Å². The summed E-state index contributed by atoms with van der Waals surface area (Å²) < 4.78 is 19.0. The zero-order chi connectivity index (χ0) is 12.8. The third kappa shape index (κ3) is 1.89. The van der Waals surface area contributed by atoms with Crippen molar-refractivity contribution < 1.29 is 8.81 Å². The molecule has 4 nitrogen and oxygen atoms in total. The molecule has 0 unspecified atom stereocenters. The molecule has 1 aromatic heterocycles. The lowest BCUT2D eigenvalue weighted by Gasteiger charge is -2.30. The third-order valence-electron chi connectivity index (χ3n) is 4.24. The molecule has 3 fully saturated rings. The highest BCUT2D eigenvalue weighted by molar-refractivity contribution is 5.74. The van der Waals surface area contributed by atoms with E-state index >= 15 is 0 Å². The van der Waals surface area contributed by atoms with Gasteiger partial charge in [-0.1, -0.05) is 0 Å². The molecule has 1 aromatic carbocycles. The maximum atomic E-state index is 13.2. The van der Waals surface area contributed by atoms with Crippen LogP contribution < -0.4 is 4.90 Å². The topological polar surface area (TPSA) is 32.5 Å². The van der Waals surface area contributed by atoms with E-state index in [1.165, 1.54) is 12.1 Å². The minimum Gasteiger partial charge on any atom is -0.423 e. The first-order chi connectivity index (χ1) is 9.29. The van der Waals surface area contributed by atoms with Crippen LogP contribution in [0.3, 0.4) is 0 Å². The molecule has 5 heteroatoms. The van der Waals surface area contributed by atoms with Gasteiger partial charge in [0.1, 0.15) is 11.3 Å². The Morgan fingerprint density at radius 1 is 1.16 bits per heavy atom. The molecule has 0 amide bonds. The molecule has 2 aromatic rings. The molecule has 3 saturated heterocycles. The van der Waals surface area contributed by atoms with Gasteiger partial charge in [-0.2, -0.15) is 4.98 Å². The lowest BCUT2D eigenvalue weighted by Crippen LogP contribution is -2.38. The zero-order valence-electron chi connectivity index (χ0n) is 10.7. The van der Waals surface area contributed by atoms with E-state index in [0.29, 0.717) is 23.2 Å². The van der Waals surface area contributed by atoms with E-state index in [1.807, 2.05) is 0 Å². The molecule has 0 saturated carbocycles. The molecule has 4 heterocycles. The van der Waals surface area contributed by atoms with Crippen molar-refractivity contribution in [2.45, 2.75) is 18.9 Å². The van der Waals surface area contributed by atoms with Crippen molar-refractivity contribution in [1.29, 1.82) is 0 Å². The average Bonchev–Trinajstić information content (AvgIpc) is 2.61. The molecule has 5 rings (SSSR count). The number of rotatable bonds is 1. The van der Waals surface area contributed by atoms with Crippen LogP contribution in [-0.2, 0) is 0 Å². The summed E-state index contributed by atoms with van der Waals surface area (Å²) in [4.78, 5) is 9.20. The maximum absolute atomic E-state index is 13.2.